The summed E-state index contributed by atoms with van der Waals surface area (Å²) in [5.41, 5.74) is 0.322. The van der Waals surface area contributed by atoms with E-state index in [0.29, 0.717) is 5.56 Å². The lowest BCUT2D eigenvalue weighted by Crippen LogP contribution is -2.60. The fraction of sp³-hybridized carbons (Fsp3) is 0.480. The highest BCUT2D eigenvalue weighted by molar-refractivity contribution is 6.02. The molecule has 2 aromatic rings. The van der Waals surface area contributed by atoms with Crippen molar-refractivity contribution in [3.05, 3.63) is 41.5 Å². The zero-order chi connectivity index (χ0) is 28.0. The second-order valence-electron chi connectivity index (χ2n) is 9.52. The number of carbonyl (C=O) groups is 1. The first-order chi connectivity index (χ1) is 18.5. The summed E-state index contributed by atoms with van der Waals surface area (Å²) in [4.78, 5) is 12.7. The molecule has 0 amide bonds. The molecule has 3 aliphatic rings. The lowest BCUT2D eigenvalue weighted by Gasteiger charge is -2.41. The Bertz CT molecular complexity index is 1220. The second kappa shape index (κ2) is 10.7. The molecule has 5 rings (SSSR count). The zero-order valence-corrected chi connectivity index (χ0v) is 20.2. The number of phenolic OH excluding ortho intramolecular Hbond substituents is 3. The molecule has 2 saturated heterocycles. The number of fused-ring (bicyclic) bond motifs is 1. The van der Waals surface area contributed by atoms with Gasteiger partial charge in [-0.2, -0.15) is 0 Å². The number of aliphatic hydroxyl groups excluding tert-OH is 5. The summed E-state index contributed by atoms with van der Waals surface area (Å²) < 4.78 is 27.6. The van der Waals surface area contributed by atoms with Crippen LogP contribution in [0.2, 0.25) is 0 Å². The van der Waals surface area contributed by atoms with Crippen LogP contribution in [0.5, 0.6) is 28.7 Å². The summed E-state index contributed by atoms with van der Waals surface area (Å²) in [6, 6.07) is 6.40. The largest absolute Gasteiger partial charge is 0.507 e. The van der Waals surface area contributed by atoms with Crippen molar-refractivity contribution in [1.29, 1.82) is 0 Å². The van der Waals surface area contributed by atoms with Gasteiger partial charge in [0, 0.05) is 12.1 Å². The van der Waals surface area contributed by atoms with E-state index in [4.69, 9.17) is 23.7 Å². The molecule has 9 atom stereocenters. The van der Waals surface area contributed by atoms with E-state index in [1.165, 1.54) is 24.3 Å². The van der Waals surface area contributed by atoms with E-state index in [0.717, 1.165) is 6.07 Å². The van der Waals surface area contributed by atoms with Gasteiger partial charge in [0.1, 0.15) is 65.5 Å². The molecule has 2 aromatic carbocycles. The predicted molar refractivity (Wildman–Crippen MR) is 125 cm³/mol. The second-order valence-corrected chi connectivity index (χ2v) is 9.52. The van der Waals surface area contributed by atoms with E-state index in [2.05, 4.69) is 0 Å². The highest BCUT2D eigenvalue weighted by Crippen LogP contribution is 2.43. The van der Waals surface area contributed by atoms with Gasteiger partial charge in [0.05, 0.1) is 19.6 Å². The summed E-state index contributed by atoms with van der Waals surface area (Å²) in [6.07, 6.45) is -12.7. The third-order valence-electron chi connectivity index (χ3n) is 6.79. The van der Waals surface area contributed by atoms with Crippen LogP contribution in [0, 0.1) is 0 Å². The van der Waals surface area contributed by atoms with E-state index in [1.54, 1.807) is 0 Å². The van der Waals surface area contributed by atoms with Crippen LogP contribution in [-0.2, 0) is 14.2 Å². The van der Waals surface area contributed by atoms with Gasteiger partial charge in [-0.1, -0.05) is 6.07 Å². The van der Waals surface area contributed by atoms with E-state index in [1.807, 2.05) is 0 Å². The SMILES string of the molecule is O=C1C[C@@H](c2ccc(O)c(O)c2)Oc2cc(O[C@@H]3OC[C@@H](O[C@@H]4OC[C@@H](O)[C@H](O)[C@H]4O)[C@@H](O)[C@@H]3O)cc(O)c21. The fourth-order valence-corrected chi connectivity index (χ4v) is 4.61. The average Bonchev–Trinajstić information content (AvgIpc) is 2.89. The van der Waals surface area contributed by atoms with Crippen LogP contribution in [0.3, 0.4) is 0 Å². The quantitative estimate of drug-likeness (QED) is 0.204. The Morgan fingerprint density at radius 1 is 0.769 bits per heavy atom. The van der Waals surface area contributed by atoms with Crippen molar-refractivity contribution in [3.8, 4) is 28.7 Å². The smallest absolute Gasteiger partial charge is 0.228 e. The van der Waals surface area contributed by atoms with Crippen molar-refractivity contribution in [1.82, 2.24) is 0 Å². The van der Waals surface area contributed by atoms with Crippen molar-refractivity contribution < 1.29 is 69.3 Å². The number of ketones is 1. The van der Waals surface area contributed by atoms with Crippen LogP contribution in [-0.4, -0.2) is 109 Å². The molecule has 3 aliphatic heterocycles. The summed E-state index contributed by atoms with van der Waals surface area (Å²) in [5, 5.41) is 80.4. The Kier molecular flexibility index (Phi) is 7.54. The topological polar surface area (TPSA) is 225 Å². The van der Waals surface area contributed by atoms with Gasteiger partial charge in [0.2, 0.25) is 6.29 Å². The minimum atomic E-state index is -1.67. The Labute approximate surface area is 220 Å². The van der Waals surface area contributed by atoms with Crippen molar-refractivity contribution >= 4 is 5.78 Å². The van der Waals surface area contributed by atoms with E-state index in [-0.39, 0.29) is 42.4 Å². The number of carbonyl (C=O) groups excluding carboxylic acids is 1. The van der Waals surface area contributed by atoms with Crippen molar-refractivity contribution in [2.45, 2.75) is 61.7 Å². The maximum Gasteiger partial charge on any atom is 0.228 e. The first kappa shape index (κ1) is 27.4. The third-order valence-corrected chi connectivity index (χ3v) is 6.79. The maximum atomic E-state index is 12.7. The standard InChI is InChI=1S/C25H28O14/c26-11-2-1-9(3-12(11)27)16-6-14(29)19-13(28)4-10(5-17(19)38-16)37-24-23(34)21(32)18(8-36-24)39-25-22(33)20(31)15(30)7-35-25/h1-5,15-16,18,20-28,30-34H,6-8H2/t15-,16+,18-,20+,21-,22-,23+,24+,25+/m1/s1. The molecule has 39 heavy (non-hydrogen) atoms. The first-order valence-corrected chi connectivity index (χ1v) is 12.1. The van der Waals surface area contributed by atoms with E-state index < -0.39 is 72.6 Å². The Morgan fingerprint density at radius 2 is 1.49 bits per heavy atom. The molecule has 0 unspecified atom stereocenters. The minimum Gasteiger partial charge on any atom is -0.507 e. The number of benzene rings is 2. The number of Topliss-reactive ketones (excluding diaryl/α,β-unsaturated/α-hetero) is 1. The highest BCUT2D eigenvalue weighted by atomic mass is 16.7. The Balaban J connectivity index is 1.27. The van der Waals surface area contributed by atoms with Crippen LogP contribution < -0.4 is 9.47 Å². The maximum absolute atomic E-state index is 12.7. The van der Waals surface area contributed by atoms with Gasteiger partial charge in [-0.3, -0.25) is 4.79 Å². The molecule has 0 spiro atoms. The summed E-state index contributed by atoms with van der Waals surface area (Å²) in [6.45, 7) is -0.644. The molecule has 2 fully saturated rings. The molecule has 0 aliphatic carbocycles. The predicted octanol–water partition coefficient (Wildman–Crippen LogP) is -1.21. The Hall–Kier alpha value is -3.21. The number of hydrogen-bond acceptors (Lipinski definition) is 14. The van der Waals surface area contributed by atoms with Crippen LogP contribution in [0.4, 0.5) is 0 Å². The van der Waals surface area contributed by atoms with Crippen LogP contribution in [0.25, 0.3) is 0 Å². The molecular weight excluding hydrogens is 524 g/mol. The van der Waals surface area contributed by atoms with Crippen molar-refractivity contribution in [3.63, 3.8) is 0 Å². The molecule has 0 saturated carbocycles. The lowest BCUT2D eigenvalue weighted by molar-refractivity contribution is -0.320. The number of rotatable bonds is 5. The molecule has 0 bridgehead atoms. The molecule has 0 aromatic heterocycles. The highest BCUT2D eigenvalue weighted by Gasteiger charge is 2.45. The van der Waals surface area contributed by atoms with Crippen LogP contribution >= 0.6 is 0 Å². The first-order valence-electron chi connectivity index (χ1n) is 12.1. The molecule has 14 nitrogen and oxygen atoms in total. The average molecular weight is 552 g/mol. The van der Waals surface area contributed by atoms with Gasteiger partial charge >= 0.3 is 0 Å². The molecular formula is C25H28O14. The van der Waals surface area contributed by atoms with Crippen molar-refractivity contribution in [2.24, 2.45) is 0 Å². The monoisotopic (exact) mass is 552 g/mol. The van der Waals surface area contributed by atoms with E-state index in [9.17, 15) is 45.6 Å². The molecule has 0 radical (unpaired) electrons. The van der Waals surface area contributed by atoms with Gasteiger partial charge in [0.15, 0.2) is 23.6 Å². The lowest BCUT2D eigenvalue weighted by atomic mass is 9.95. The summed E-state index contributed by atoms with van der Waals surface area (Å²) in [7, 11) is 0. The number of aliphatic hydroxyl groups is 5. The van der Waals surface area contributed by atoms with Crippen LogP contribution in [0.1, 0.15) is 28.4 Å². The fourth-order valence-electron chi connectivity index (χ4n) is 4.61. The normalized spacial score (nSPS) is 34.7. The summed E-state index contributed by atoms with van der Waals surface area (Å²) >= 11 is 0. The van der Waals surface area contributed by atoms with Gasteiger partial charge in [0.25, 0.3) is 0 Å². The molecule has 3 heterocycles. The number of ether oxygens (including phenoxy) is 5. The van der Waals surface area contributed by atoms with Gasteiger partial charge < -0.3 is 64.5 Å². The number of phenols is 3. The Morgan fingerprint density at radius 3 is 2.23 bits per heavy atom. The number of aromatic hydroxyl groups is 3. The van der Waals surface area contributed by atoms with Gasteiger partial charge in [-0.15, -0.1) is 0 Å². The number of hydrogen-bond donors (Lipinski definition) is 8. The van der Waals surface area contributed by atoms with Gasteiger partial charge in [-0.25, -0.2) is 0 Å². The zero-order valence-electron chi connectivity index (χ0n) is 20.2. The molecule has 8 N–H and O–H groups in total. The molecule has 14 heteroatoms. The van der Waals surface area contributed by atoms with Crippen LogP contribution in [0.15, 0.2) is 30.3 Å². The van der Waals surface area contributed by atoms with Gasteiger partial charge in [-0.05, 0) is 17.7 Å². The van der Waals surface area contributed by atoms with Crippen molar-refractivity contribution in [2.75, 3.05) is 13.2 Å². The van der Waals surface area contributed by atoms with E-state index >= 15 is 0 Å². The minimum absolute atomic E-state index is 0.0324. The summed E-state index contributed by atoms with van der Waals surface area (Å²) in [5.74, 6) is -1.71. The molecule has 212 valence electrons. The third kappa shape index (κ3) is 5.33.